The first-order chi connectivity index (χ1) is 25.7. The summed E-state index contributed by atoms with van der Waals surface area (Å²) < 4.78 is 6.05. The maximum atomic E-state index is 12.8. The Balaban J connectivity index is 2.45. The van der Waals surface area contributed by atoms with Crippen LogP contribution in [0, 0.1) is 0 Å². The van der Waals surface area contributed by atoms with Gasteiger partial charge in [0.2, 0.25) is 11.6 Å². The van der Waals surface area contributed by atoms with E-state index < -0.39 is 5.97 Å². The monoisotopic (exact) mass is 747 g/mol. The summed E-state index contributed by atoms with van der Waals surface area (Å²) in [4.78, 5) is 52.8. The lowest BCUT2D eigenvalue weighted by atomic mass is 9.78. The van der Waals surface area contributed by atoms with E-state index in [1.807, 2.05) is 20.9 Å². The second-order valence-corrected chi connectivity index (χ2v) is 16.0. The zero-order valence-corrected chi connectivity index (χ0v) is 35.2. The van der Waals surface area contributed by atoms with Gasteiger partial charge in [-0.05, 0) is 97.8 Å². The van der Waals surface area contributed by atoms with Gasteiger partial charge in [-0.3, -0.25) is 24.1 Å². The summed E-state index contributed by atoms with van der Waals surface area (Å²) in [6.45, 7) is 12.3. The number of aliphatic carboxylic acids is 1. The third-order valence-electron chi connectivity index (χ3n) is 11.2. The van der Waals surface area contributed by atoms with Gasteiger partial charge >= 0.3 is 11.9 Å². The number of esters is 1. The molecular weight excluding hydrogens is 665 g/mol. The van der Waals surface area contributed by atoms with Crippen molar-refractivity contribution >= 4 is 23.5 Å². The minimum atomic E-state index is -0.715. The van der Waals surface area contributed by atoms with Crippen molar-refractivity contribution in [3.8, 4) is 0 Å². The Morgan fingerprint density at radius 2 is 1.08 bits per heavy atom. The van der Waals surface area contributed by atoms with Crippen molar-refractivity contribution < 1.29 is 29.0 Å². The third kappa shape index (κ3) is 23.5. The molecule has 0 heterocycles. The average molecular weight is 747 g/mol. The Bertz CT molecular complexity index is 1010. The summed E-state index contributed by atoms with van der Waals surface area (Å²) in [6, 6.07) is -0.384. The van der Waals surface area contributed by atoms with Gasteiger partial charge < -0.3 is 14.7 Å². The van der Waals surface area contributed by atoms with Gasteiger partial charge in [0, 0.05) is 25.0 Å². The van der Waals surface area contributed by atoms with Gasteiger partial charge in [0.15, 0.2) is 0 Å². The highest BCUT2D eigenvalue weighted by Crippen LogP contribution is 2.28. The molecule has 1 rings (SSSR count). The fourth-order valence-corrected chi connectivity index (χ4v) is 7.57. The van der Waals surface area contributed by atoms with Crippen molar-refractivity contribution in [1.29, 1.82) is 0 Å². The standard InChI is InChI=1S/C45H82N2O6/c1-6-9-11-13-17-23-30-39(31-24-18-14-12-10-7-2)53-41(50)33-26-20-16-22-28-36-47(35-27-21-15-19-25-32-40(48)49)37-29-34-46(5)43-42(38(4)8-3)44(51)45(43)52/h39,43H,6-37H2,1-5H3,(H,48,49)/b42-38-. The number of rotatable bonds is 37. The Kier molecular flexibility index (Phi) is 29.8. The largest absolute Gasteiger partial charge is 0.481 e. The van der Waals surface area contributed by atoms with Crippen LogP contribution in [0.15, 0.2) is 11.1 Å². The second kappa shape index (κ2) is 32.2. The quantitative estimate of drug-likeness (QED) is 0.0290. The van der Waals surface area contributed by atoms with E-state index in [4.69, 9.17) is 9.84 Å². The lowest BCUT2D eigenvalue weighted by Crippen LogP contribution is -2.55. The number of carbonyl (C=O) groups excluding carboxylic acids is 3. The maximum absolute atomic E-state index is 12.8. The number of carboxylic acid groups (broad SMARTS) is 1. The van der Waals surface area contributed by atoms with Crippen LogP contribution in [0.1, 0.15) is 207 Å². The molecular formula is C45H82N2O6. The van der Waals surface area contributed by atoms with Crippen LogP contribution in [-0.4, -0.2) is 83.8 Å². The van der Waals surface area contributed by atoms with Crippen LogP contribution in [-0.2, 0) is 23.9 Å². The predicted molar refractivity (Wildman–Crippen MR) is 219 cm³/mol. The SMILES string of the molecule is CCCCCCCCC(CCCCCCCC)OC(=O)CCCCCCCN(CCCCCCCC(=O)O)CCCN(C)C1C(=O)C(=O)/C1=C(/C)CC. The molecule has 53 heavy (non-hydrogen) atoms. The van der Waals surface area contributed by atoms with Gasteiger partial charge in [-0.25, -0.2) is 0 Å². The first-order valence-corrected chi connectivity index (χ1v) is 22.3. The first-order valence-electron chi connectivity index (χ1n) is 22.3. The maximum Gasteiger partial charge on any atom is 0.306 e. The number of Topliss-reactive ketones (excluding diaryl/α,β-unsaturated/α-hetero) is 2. The van der Waals surface area contributed by atoms with Crippen LogP contribution in [0.5, 0.6) is 0 Å². The van der Waals surface area contributed by atoms with Crippen LogP contribution in [0.25, 0.3) is 0 Å². The van der Waals surface area contributed by atoms with E-state index in [2.05, 4.69) is 23.6 Å². The fourth-order valence-electron chi connectivity index (χ4n) is 7.57. The summed E-state index contributed by atoms with van der Waals surface area (Å²) in [6.07, 6.45) is 30.1. The Morgan fingerprint density at radius 1 is 0.623 bits per heavy atom. The Hall–Kier alpha value is -2.06. The molecule has 0 aromatic carbocycles. The molecule has 308 valence electrons. The normalized spacial score (nSPS) is 15.5. The molecule has 8 heteroatoms. The van der Waals surface area contributed by atoms with E-state index >= 15 is 0 Å². The number of likely N-dealkylation sites (N-methyl/N-ethyl adjacent to an activating group) is 1. The van der Waals surface area contributed by atoms with E-state index in [0.29, 0.717) is 12.0 Å². The van der Waals surface area contributed by atoms with Crippen LogP contribution in [0.3, 0.4) is 0 Å². The second-order valence-electron chi connectivity index (χ2n) is 16.0. The van der Waals surface area contributed by atoms with E-state index in [1.54, 1.807) is 0 Å². The number of unbranched alkanes of at least 4 members (excludes halogenated alkanes) is 18. The van der Waals surface area contributed by atoms with Gasteiger partial charge in [-0.2, -0.15) is 0 Å². The topological polar surface area (TPSA) is 104 Å². The summed E-state index contributed by atoms with van der Waals surface area (Å²) in [7, 11) is 1.96. The minimum Gasteiger partial charge on any atom is -0.481 e. The van der Waals surface area contributed by atoms with Crippen LogP contribution in [0.2, 0.25) is 0 Å². The van der Waals surface area contributed by atoms with Gasteiger partial charge in [0.1, 0.15) is 12.1 Å². The lowest BCUT2D eigenvalue weighted by Gasteiger charge is -2.36. The van der Waals surface area contributed by atoms with Crippen molar-refractivity contribution in [3.05, 3.63) is 11.1 Å². The zero-order chi connectivity index (χ0) is 39.1. The number of allylic oxidation sites excluding steroid dienone is 1. The molecule has 1 unspecified atom stereocenters. The molecule has 8 nitrogen and oxygen atoms in total. The number of hydrogen-bond donors (Lipinski definition) is 1. The van der Waals surface area contributed by atoms with Crippen molar-refractivity contribution in [2.45, 2.75) is 220 Å². The van der Waals surface area contributed by atoms with Crippen molar-refractivity contribution in [3.63, 3.8) is 0 Å². The van der Waals surface area contributed by atoms with Crippen LogP contribution < -0.4 is 0 Å². The number of nitrogens with zero attached hydrogens (tertiary/aromatic N) is 2. The molecule has 0 saturated heterocycles. The molecule has 1 aliphatic rings. The fraction of sp³-hybridized carbons (Fsp3) is 0.867. The number of ketones is 2. The lowest BCUT2D eigenvalue weighted by molar-refractivity contribution is -0.150. The summed E-state index contributed by atoms with van der Waals surface area (Å²) >= 11 is 0. The number of carbonyl (C=O) groups is 4. The molecule has 1 atom stereocenters. The van der Waals surface area contributed by atoms with Gasteiger partial charge in [0.25, 0.3) is 0 Å². The molecule has 0 aliphatic heterocycles. The summed E-state index contributed by atoms with van der Waals surface area (Å²) in [5, 5.41) is 8.89. The van der Waals surface area contributed by atoms with Gasteiger partial charge in [-0.15, -0.1) is 0 Å². The summed E-state index contributed by atoms with van der Waals surface area (Å²) in [5.41, 5.74) is 1.72. The molecule has 0 aromatic rings. The van der Waals surface area contributed by atoms with Crippen molar-refractivity contribution in [2.24, 2.45) is 0 Å². The molecule has 0 radical (unpaired) electrons. The zero-order valence-electron chi connectivity index (χ0n) is 35.2. The van der Waals surface area contributed by atoms with Gasteiger partial charge in [0.05, 0.1) is 0 Å². The van der Waals surface area contributed by atoms with E-state index in [-0.39, 0.29) is 36.1 Å². The molecule has 1 fully saturated rings. The highest BCUT2D eigenvalue weighted by Gasteiger charge is 2.46. The van der Waals surface area contributed by atoms with Gasteiger partial charge in [-0.1, -0.05) is 129 Å². The Labute approximate surface area is 325 Å². The number of ether oxygens (including phenoxy) is 1. The van der Waals surface area contributed by atoms with E-state index in [9.17, 15) is 19.2 Å². The molecule has 0 spiro atoms. The first kappa shape index (κ1) is 49.0. The van der Waals surface area contributed by atoms with Crippen molar-refractivity contribution in [2.75, 3.05) is 33.2 Å². The smallest absolute Gasteiger partial charge is 0.306 e. The molecule has 1 saturated carbocycles. The average Bonchev–Trinajstić information content (AvgIpc) is 3.14. The van der Waals surface area contributed by atoms with E-state index in [0.717, 1.165) is 134 Å². The number of hydrogen-bond acceptors (Lipinski definition) is 7. The summed E-state index contributed by atoms with van der Waals surface area (Å²) in [5.74, 6) is -1.30. The van der Waals surface area contributed by atoms with Crippen LogP contribution >= 0.6 is 0 Å². The minimum absolute atomic E-state index is 0.00787. The molecule has 0 amide bonds. The molecule has 0 aromatic heterocycles. The Morgan fingerprint density at radius 3 is 1.58 bits per heavy atom. The van der Waals surface area contributed by atoms with Crippen LogP contribution in [0.4, 0.5) is 0 Å². The van der Waals surface area contributed by atoms with Crippen molar-refractivity contribution in [1.82, 2.24) is 9.80 Å². The molecule has 1 N–H and O–H groups in total. The number of carboxylic acids is 1. The third-order valence-corrected chi connectivity index (χ3v) is 11.2. The highest BCUT2D eigenvalue weighted by atomic mass is 16.5. The van der Waals surface area contributed by atoms with E-state index in [1.165, 1.54) is 64.2 Å². The molecule has 0 bridgehead atoms. The highest BCUT2D eigenvalue weighted by molar-refractivity contribution is 6.55. The molecule has 1 aliphatic carbocycles. The predicted octanol–water partition coefficient (Wildman–Crippen LogP) is 11.0.